The van der Waals surface area contributed by atoms with Crippen molar-refractivity contribution in [2.75, 3.05) is 11.9 Å². The number of aryl methyl sites for hydroxylation is 1. The Morgan fingerprint density at radius 3 is 2.53 bits per heavy atom. The molecule has 0 amide bonds. The lowest BCUT2D eigenvalue weighted by atomic mass is 9.81. The predicted molar refractivity (Wildman–Crippen MR) is 111 cm³/mol. The fraction of sp³-hybridized carbons (Fsp3) is 0.174. The lowest BCUT2D eigenvalue weighted by Gasteiger charge is -2.29. The maximum atomic E-state index is 13.0. The molecular weight excluding hydrogens is 382 g/mol. The molecule has 0 fully saturated rings. The van der Waals surface area contributed by atoms with E-state index in [2.05, 4.69) is 10.3 Å². The number of aromatic amines is 1. The number of anilines is 1. The lowest BCUT2D eigenvalue weighted by molar-refractivity contribution is -0.136. The van der Waals surface area contributed by atoms with Crippen molar-refractivity contribution >= 4 is 11.8 Å². The highest BCUT2D eigenvalue weighted by molar-refractivity contribution is 5.97. The van der Waals surface area contributed by atoms with Gasteiger partial charge < -0.3 is 10.1 Å². The Labute approximate surface area is 171 Å². The van der Waals surface area contributed by atoms with E-state index < -0.39 is 23.1 Å². The van der Waals surface area contributed by atoms with Crippen molar-refractivity contribution in [3.63, 3.8) is 0 Å². The molecule has 7 nitrogen and oxygen atoms in total. The number of esters is 1. The van der Waals surface area contributed by atoms with Crippen LogP contribution in [0.4, 0.5) is 5.82 Å². The zero-order valence-electron chi connectivity index (χ0n) is 16.3. The van der Waals surface area contributed by atoms with E-state index in [0.29, 0.717) is 22.7 Å². The van der Waals surface area contributed by atoms with Gasteiger partial charge in [-0.2, -0.15) is 0 Å². The van der Waals surface area contributed by atoms with Crippen LogP contribution in [0.2, 0.25) is 0 Å². The molecule has 3 heterocycles. The van der Waals surface area contributed by atoms with Gasteiger partial charge in [-0.3, -0.25) is 14.3 Å². The maximum absolute atomic E-state index is 13.0. The van der Waals surface area contributed by atoms with E-state index in [1.54, 1.807) is 0 Å². The average Bonchev–Trinajstić information content (AvgIpc) is 3.11. The number of aromatic nitrogens is 2. The summed E-state index contributed by atoms with van der Waals surface area (Å²) in [5, 5.41) is 3.16. The largest absolute Gasteiger partial charge is 0.456 e. The molecule has 3 aromatic rings. The number of carbonyl (C=O) groups excluding carboxylic acids is 1. The molecule has 1 aromatic heterocycles. The number of benzene rings is 2. The number of hydrogen-bond acceptors (Lipinski definition) is 5. The molecule has 0 spiro atoms. The molecule has 0 unspecified atom stereocenters. The van der Waals surface area contributed by atoms with Gasteiger partial charge in [0.2, 0.25) is 0 Å². The lowest BCUT2D eigenvalue weighted by Crippen LogP contribution is -2.39. The first-order valence-electron chi connectivity index (χ1n) is 9.68. The summed E-state index contributed by atoms with van der Waals surface area (Å²) in [7, 11) is 0. The summed E-state index contributed by atoms with van der Waals surface area (Å²) in [4.78, 5) is 40.7. The molecule has 0 aliphatic carbocycles. The first-order valence-corrected chi connectivity index (χ1v) is 9.68. The number of fused-ring (bicyclic) bond motifs is 1. The number of hydrogen-bond donors (Lipinski definition) is 2. The molecule has 2 aliphatic rings. The van der Waals surface area contributed by atoms with Crippen LogP contribution < -0.4 is 16.6 Å². The van der Waals surface area contributed by atoms with E-state index in [1.807, 2.05) is 61.5 Å². The van der Waals surface area contributed by atoms with Crippen LogP contribution in [0.5, 0.6) is 0 Å². The van der Waals surface area contributed by atoms with Gasteiger partial charge in [0.15, 0.2) is 0 Å². The Balaban J connectivity index is 1.78. The Morgan fingerprint density at radius 1 is 1.03 bits per heavy atom. The van der Waals surface area contributed by atoms with Crippen molar-refractivity contribution in [3.05, 3.63) is 109 Å². The monoisotopic (exact) mass is 401 g/mol. The number of nitrogens with zero attached hydrogens (tertiary/aromatic N) is 1. The minimum atomic E-state index is -0.612. The third-order valence-corrected chi connectivity index (χ3v) is 5.66. The topological polar surface area (TPSA) is 93.2 Å². The Hall–Kier alpha value is -3.87. The van der Waals surface area contributed by atoms with Gasteiger partial charge >= 0.3 is 11.7 Å². The van der Waals surface area contributed by atoms with Crippen molar-refractivity contribution in [2.24, 2.45) is 0 Å². The van der Waals surface area contributed by atoms with Crippen LogP contribution in [0.1, 0.15) is 28.2 Å². The van der Waals surface area contributed by atoms with Gasteiger partial charge in [0.1, 0.15) is 12.4 Å². The number of ether oxygens (including phenoxy) is 1. The Morgan fingerprint density at radius 2 is 1.77 bits per heavy atom. The quantitative estimate of drug-likeness (QED) is 0.657. The van der Waals surface area contributed by atoms with Crippen LogP contribution in [0.3, 0.4) is 0 Å². The van der Waals surface area contributed by atoms with E-state index in [4.69, 9.17) is 4.74 Å². The van der Waals surface area contributed by atoms with E-state index >= 15 is 0 Å². The summed E-state index contributed by atoms with van der Waals surface area (Å²) in [5.41, 5.74) is 3.04. The highest BCUT2D eigenvalue weighted by Gasteiger charge is 2.41. The van der Waals surface area contributed by atoms with E-state index in [9.17, 15) is 14.4 Å². The normalized spacial score (nSPS) is 17.2. The summed E-state index contributed by atoms with van der Waals surface area (Å²) >= 11 is 0. The molecule has 0 saturated heterocycles. The van der Waals surface area contributed by atoms with Gasteiger partial charge in [0.25, 0.3) is 5.56 Å². The fourth-order valence-corrected chi connectivity index (χ4v) is 4.23. The summed E-state index contributed by atoms with van der Waals surface area (Å²) < 4.78 is 6.78. The summed E-state index contributed by atoms with van der Waals surface area (Å²) in [6.45, 7) is 2.30. The highest BCUT2D eigenvalue weighted by atomic mass is 16.5. The molecule has 1 atom stereocenters. The van der Waals surface area contributed by atoms with Gasteiger partial charge in [-0.05, 0) is 23.6 Å². The predicted octanol–water partition coefficient (Wildman–Crippen LogP) is 2.26. The Bertz CT molecular complexity index is 1320. The SMILES string of the molecule is Cc1ccccc1[C@H]1C2=C(COC2=O)Nc2c1c(=O)[nH]c(=O)n2Cc1ccccc1. The van der Waals surface area contributed by atoms with E-state index in [0.717, 1.165) is 16.7 Å². The minimum absolute atomic E-state index is 0.0856. The first kappa shape index (κ1) is 18.2. The molecular formula is C23H19N3O4. The van der Waals surface area contributed by atoms with Crippen molar-refractivity contribution in [3.8, 4) is 0 Å². The van der Waals surface area contributed by atoms with Gasteiger partial charge in [-0.15, -0.1) is 0 Å². The van der Waals surface area contributed by atoms with Crippen LogP contribution >= 0.6 is 0 Å². The molecule has 7 heteroatoms. The van der Waals surface area contributed by atoms with Crippen molar-refractivity contribution in [1.29, 1.82) is 0 Å². The standard InChI is InChI=1S/C23H19N3O4/c1-13-7-5-6-10-15(13)17-18-16(12-30-22(18)28)24-20-19(17)21(27)25-23(29)26(20)11-14-8-3-2-4-9-14/h2-10,17,24H,11-12H2,1H3,(H,25,27,29)/t17-/m0/s1. The van der Waals surface area contributed by atoms with E-state index in [1.165, 1.54) is 4.57 Å². The summed E-state index contributed by atoms with van der Waals surface area (Å²) in [6, 6.07) is 17.1. The fourth-order valence-electron chi connectivity index (χ4n) is 4.23. The molecule has 0 radical (unpaired) electrons. The van der Waals surface area contributed by atoms with E-state index in [-0.39, 0.29) is 13.2 Å². The smallest absolute Gasteiger partial charge is 0.337 e. The van der Waals surface area contributed by atoms with Gasteiger partial charge in [0.05, 0.1) is 29.3 Å². The first-order chi connectivity index (χ1) is 14.5. The number of nitrogens with one attached hydrogen (secondary N) is 2. The third-order valence-electron chi connectivity index (χ3n) is 5.66. The maximum Gasteiger partial charge on any atom is 0.337 e. The molecule has 0 bridgehead atoms. The van der Waals surface area contributed by atoms with Crippen molar-refractivity contribution in [1.82, 2.24) is 9.55 Å². The Kier molecular flexibility index (Phi) is 4.17. The minimum Gasteiger partial charge on any atom is -0.456 e. The third kappa shape index (κ3) is 2.78. The molecule has 5 rings (SSSR count). The second-order valence-corrected chi connectivity index (χ2v) is 7.48. The van der Waals surface area contributed by atoms with Gasteiger partial charge in [0, 0.05) is 0 Å². The van der Waals surface area contributed by atoms with Crippen LogP contribution in [0, 0.1) is 6.92 Å². The summed E-state index contributed by atoms with van der Waals surface area (Å²) in [6.07, 6.45) is 0. The molecule has 2 N–H and O–H groups in total. The zero-order valence-corrected chi connectivity index (χ0v) is 16.3. The number of rotatable bonds is 3. The van der Waals surface area contributed by atoms with Crippen LogP contribution in [0.15, 0.2) is 75.5 Å². The van der Waals surface area contributed by atoms with Gasteiger partial charge in [-0.25, -0.2) is 9.59 Å². The van der Waals surface area contributed by atoms with Crippen LogP contribution in [0.25, 0.3) is 0 Å². The van der Waals surface area contributed by atoms with Crippen LogP contribution in [-0.4, -0.2) is 22.1 Å². The molecule has 30 heavy (non-hydrogen) atoms. The molecule has 0 saturated carbocycles. The molecule has 150 valence electrons. The average molecular weight is 401 g/mol. The molecule has 2 aliphatic heterocycles. The summed E-state index contributed by atoms with van der Waals surface area (Å²) in [5.74, 6) is -0.659. The zero-order chi connectivity index (χ0) is 20.8. The van der Waals surface area contributed by atoms with Crippen molar-refractivity contribution < 1.29 is 9.53 Å². The number of H-pyrrole nitrogens is 1. The molecule has 2 aromatic carbocycles. The second-order valence-electron chi connectivity index (χ2n) is 7.48. The number of carbonyl (C=O) groups is 1. The second kappa shape index (κ2) is 6.88. The van der Waals surface area contributed by atoms with Crippen LogP contribution in [-0.2, 0) is 16.1 Å². The van der Waals surface area contributed by atoms with Crippen molar-refractivity contribution in [2.45, 2.75) is 19.4 Å². The number of cyclic esters (lactones) is 1. The highest BCUT2D eigenvalue weighted by Crippen LogP contribution is 2.43. The van der Waals surface area contributed by atoms with Gasteiger partial charge in [-0.1, -0.05) is 54.6 Å².